The van der Waals surface area contributed by atoms with E-state index in [0.717, 1.165) is 31.0 Å². The highest BCUT2D eigenvalue weighted by atomic mass is 19.1. The number of nitrogens with one attached hydrogen (secondary N) is 1. The number of hydrogen-bond acceptors (Lipinski definition) is 5. The predicted octanol–water partition coefficient (Wildman–Crippen LogP) is 1.86. The summed E-state index contributed by atoms with van der Waals surface area (Å²) in [6, 6.07) is 4.68. The molecule has 9 heteroatoms. The molecule has 1 saturated carbocycles. The number of carbonyl (C=O) groups excluding carboxylic acids is 1. The summed E-state index contributed by atoms with van der Waals surface area (Å²) in [6.07, 6.45) is 3.45. The molecule has 1 N–H and O–H groups in total. The number of hydrogen-bond donors (Lipinski definition) is 1. The second-order valence-electron chi connectivity index (χ2n) is 5.13. The van der Waals surface area contributed by atoms with E-state index in [-0.39, 0.29) is 35.8 Å². The summed E-state index contributed by atoms with van der Waals surface area (Å²) in [4.78, 5) is 22.0. The lowest BCUT2D eigenvalue weighted by atomic mass is 10.3. The minimum absolute atomic E-state index is 0.180. The van der Waals surface area contributed by atoms with Crippen molar-refractivity contribution in [3.8, 4) is 5.75 Å². The molecule has 1 aliphatic carbocycles. The number of benzene rings is 1. The van der Waals surface area contributed by atoms with E-state index in [1.165, 1.54) is 16.9 Å². The third-order valence-electron chi connectivity index (χ3n) is 3.26. The Morgan fingerprint density at radius 1 is 1.48 bits per heavy atom. The Morgan fingerprint density at radius 2 is 2.26 bits per heavy atom. The van der Waals surface area contributed by atoms with Crippen molar-refractivity contribution in [2.24, 2.45) is 0 Å². The summed E-state index contributed by atoms with van der Waals surface area (Å²) in [5, 5.41) is 17.7. The molecule has 2 aromatic rings. The van der Waals surface area contributed by atoms with Gasteiger partial charge in [0.05, 0.1) is 4.92 Å². The highest BCUT2D eigenvalue weighted by Crippen LogP contribution is 2.27. The molecular weight excluding hydrogens is 307 g/mol. The quantitative estimate of drug-likeness (QED) is 0.647. The van der Waals surface area contributed by atoms with Gasteiger partial charge in [0.15, 0.2) is 6.73 Å². The lowest BCUT2D eigenvalue weighted by Crippen LogP contribution is -2.26. The van der Waals surface area contributed by atoms with Crippen molar-refractivity contribution >= 4 is 11.6 Å². The van der Waals surface area contributed by atoms with Crippen molar-refractivity contribution in [1.82, 2.24) is 15.1 Å². The first-order chi connectivity index (χ1) is 11.0. The zero-order valence-electron chi connectivity index (χ0n) is 11.9. The summed E-state index contributed by atoms with van der Waals surface area (Å²) in [5.41, 5.74) is -0.112. The summed E-state index contributed by atoms with van der Waals surface area (Å²) in [7, 11) is 0. The molecule has 1 fully saturated rings. The maximum absolute atomic E-state index is 13.2. The number of amides is 1. The van der Waals surface area contributed by atoms with Crippen LogP contribution in [0.25, 0.3) is 0 Å². The number of nitro benzene ring substituents is 1. The molecule has 3 rings (SSSR count). The molecular formula is C14H13FN4O4. The second-order valence-corrected chi connectivity index (χ2v) is 5.13. The van der Waals surface area contributed by atoms with Gasteiger partial charge in [-0.3, -0.25) is 14.9 Å². The summed E-state index contributed by atoms with van der Waals surface area (Å²) >= 11 is 0. The van der Waals surface area contributed by atoms with Crippen LogP contribution in [0.4, 0.5) is 10.1 Å². The van der Waals surface area contributed by atoms with Crippen LogP contribution in [0.2, 0.25) is 0 Å². The van der Waals surface area contributed by atoms with E-state index in [2.05, 4.69) is 10.4 Å². The molecule has 1 heterocycles. The number of rotatable bonds is 6. The van der Waals surface area contributed by atoms with E-state index < -0.39 is 10.7 Å². The largest absolute Gasteiger partial charge is 0.464 e. The van der Waals surface area contributed by atoms with Gasteiger partial charge in [0.25, 0.3) is 5.91 Å². The first kappa shape index (κ1) is 14.9. The van der Waals surface area contributed by atoms with Crippen LogP contribution in [-0.2, 0) is 6.73 Å². The fourth-order valence-corrected chi connectivity index (χ4v) is 1.93. The van der Waals surface area contributed by atoms with Gasteiger partial charge in [-0.05, 0) is 25.0 Å². The van der Waals surface area contributed by atoms with Crippen LogP contribution >= 0.6 is 0 Å². The number of aromatic nitrogens is 2. The molecule has 1 aromatic carbocycles. The van der Waals surface area contributed by atoms with Crippen molar-refractivity contribution in [3.63, 3.8) is 0 Å². The lowest BCUT2D eigenvalue weighted by molar-refractivity contribution is -0.386. The van der Waals surface area contributed by atoms with Crippen molar-refractivity contribution < 1.29 is 18.8 Å². The van der Waals surface area contributed by atoms with E-state index in [4.69, 9.17) is 4.74 Å². The van der Waals surface area contributed by atoms with Gasteiger partial charge in [-0.25, -0.2) is 9.07 Å². The number of carbonyl (C=O) groups is 1. The smallest absolute Gasteiger partial charge is 0.311 e. The van der Waals surface area contributed by atoms with Crippen LogP contribution in [0.15, 0.2) is 30.5 Å². The van der Waals surface area contributed by atoms with Crippen LogP contribution in [-0.4, -0.2) is 26.7 Å². The third kappa shape index (κ3) is 3.62. The Bertz CT molecular complexity index is 757. The number of ether oxygens (including phenoxy) is 1. The second kappa shape index (κ2) is 6.03. The average molecular weight is 320 g/mol. The standard InChI is InChI=1S/C14H13FN4O4/c15-9-1-4-12(19(21)22)13(7-9)23-8-18-6-5-11(17-18)14(20)16-10-2-3-10/h1,4-7,10H,2-3,8H2,(H,16,20). The number of nitro groups is 1. The molecule has 0 saturated heterocycles. The predicted molar refractivity (Wildman–Crippen MR) is 76.4 cm³/mol. The SMILES string of the molecule is O=C(NC1CC1)c1ccn(COc2cc(F)ccc2[N+](=O)[O-])n1. The number of nitrogens with zero attached hydrogens (tertiary/aromatic N) is 3. The van der Waals surface area contributed by atoms with Gasteiger partial charge in [-0.2, -0.15) is 5.10 Å². The molecule has 0 aliphatic heterocycles. The monoisotopic (exact) mass is 320 g/mol. The van der Waals surface area contributed by atoms with Crippen LogP contribution in [0, 0.1) is 15.9 Å². The topological polar surface area (TPSA) is 99.3 Å². The van der Waals surface area contributed by atoms with Gasteiger partial charge >= 0.3 is 5.69 Å². The van der Waals surface area contributed by atoms with Crippen molar-refractivity contribution in [2.45, 2.75) is 25.6 Å². The molecule has 8 nitrogen and oxygen atoms in total. The Morgan fingerprint density at radius 3 is 2.96 bits per heavy atom. The molecule has 23 heavy (non-hydrogen) atoms. The van der Waals surface area contributed by atoms with Gasteiger partial charge < -0.3 is 10.1 Å². The van der Waals surface area contributed by atoms with E-state index >= 15 is 0 Å². The van der Waals surface area contributed by atoms with E-state index in [9.17, 15) is 19.3 Å². The molecule has 0 bridgehead atoms. The van der Waals surface area contributed by atoms with Crippen molar-refractivity contribution in [3.05, 3.63) is 52.1 Å². The molecule has 0 unspecified atom stereocenters. The van der Waals surface area contributed by atoms with Gasteiger partial charge in [-0.1, -0.05) is 0 Å². The lowest BCUT2D eigenvalue weighted by Gasteiger charge is -2.07. The Labute approximate surface area is 130 Å². The Kier molecular flexibility index (Phi) is 3.92. The zero-order chi connectivity index (χ0) is 16.4. The summed E-state index contributed by atoms with van der Waals surface area (Å²) in [6.45, 7) is -0.180. The van der Waals surface area contributed by atoms with Gasteiger partial charge in [0, 0.05) is 24.4 Å². The van der Waals surface area contributed by atoms with Crippen LogP contribution < -0.4 is 10.1 Å². The minimum Gasteiger partial charge on any atom is -0.464 e. The van der Waals surface area contributed by atoms with E-state index in [0.29, 0.717) is 0 Å². The molecule has 0 spiro atoms. The summed E-state index contributed by atoms with van der Waals surface area (Å²) < 4.78 is 19.7. The normalized spacial score (nSPS) is 13.6. The highest BCUT2D eigenvalue weighted by molar-refractivity contribution is 5.92. The average Bonchev–Trinajstić information content (AvgIpc) is 3.19. The Balaban J connectivity index is 1.66. The van der Waals surface area contributed by atoms with E-state index in [1.807, 2.05) is 0 Å². The molecule has 120 valence electrons. The maximum atomic E-state index is 13.2. The van der Waals surface area contributed by atoms with Gasteiger partial charge in [-0.15, -0.1) is 0 Å². The third-order valence-corrected chi connectivity index (χ3v) is 3.26. The van der Waals surface area contributed by atoms with Crippen molar-refractivity contribution in [2.75, 3.05) is 0 Å². The molecule has 0 atom stereocenters. The minimum atomic E-state index is -0.660. The van der Waals surface area contributed by atoms with E-state index in [1.54, 1.807) is 0 Å². The number of halogens is 1. The van der Waals surface area contributed by atoms with Crippen LogP contribution in [0.5, 0.6) is 5.75 Å². The Hall–Kier alpha value is -2.97. The first-order valence-corrected chi connectivity index (χ1v) is 6.94. The molecule has 0 radical (unpaired) electrons. The zero-order valence-corrected chi connectivity index (χ0v) is 11.9. The van der Waals surface area contributed by atoms with Gasteiger partial charge in [0.1, 0.15) is 11.5 Å². The molecule has 1 amide bonds. The van der Waals surface area contributed by atoms with Crippen LogP contribution in [0.1, 0.15) is 23.3 Å². The molecule has 1 aromatic heterocycles. The fraction of sp³-hybridized carbons (Fsp3) is 0.286. The first-order valence-electron chi connectivity index (χ1n) is 6.94. The molecule has 1 aliphatic rings. The van der Waals surface area contributed by atoms with Crippen molar-refractivity contribution in [1.29, 1.82) is 0 Å². The fourth-order valence-electron chi connectivity index (χ4n) is 1.93. The highest BCUT2D eigenvalue weighted by Gasteiger charge is 2.24. The maximum Gasteiger partial charge on any atom is 0.311 e. The van der Waals surface area contributed by atoms with Gasteiger partial charge in [0.2, 0.25) is 5.75 Å². The van der Waals surface area contributed by atoms with Crippen LogP contribution in [0.3, 0.4) is 0 Å². The summed E-state index contributed by atoms with van der Waals surface area (Å²) in [5.74, 6) is -1.12.